The van der Waals surface area contributed by atoms with Gasteiger partial charge in [-0.25, -0.2) is 9.79 Å². The van der Waals surface area contributed by atoms with Crippen LogP contribution in [0.15, 0.2) is 77.8 Å². The molecule has 4 rings (SSSR count). The van der Waals surface area contributed by atoms with E-state index in [1.54, 1.807) is 17.0 Å². The lowest BCUT2D eigenvalue weighted by atomic mass is 9.99. The average molecular weight is 417 g/mol. The van der Waals surface area contributed by atoms with Gasteiger partial charge in [-0.1, -0.05) is 42.5 Å². The van der Waals surface area contributed by atoms with Crippen LogP contribution >= 0.6 is 0 Å². The van der Waals surface area contributed by atoms with E-state index in [1.165, 1.54) is 25.3 Å². The van der Waals surface area contributed by atoms with Gasteiger partial charge in [0.25, 0.3) is 5.69 Å². The number of nitro benzene ring substituents is 1. The van der Waals surface area contributed by atoms with Gasteiger partial charge in [0.1, 0.15) is 5.71 Å². The Balaban J connectivity index is 1.86. The summed E-state index contributed by atoms with van der Waals surface area (Å²) in [7, 11) is 1.23. The lowest BCUT2D eigenvalue weighted by Crippen LogP contribution is -2.43. The number of rotatable bonds is 5. The van der Waals surface area contributed by atoms with Crippen molar-refractivity contribution in [2.45, 2.75) is 12.8 Å². The molecule has 1 aliphatic heterocycles. The van der Waals surface area contributed by atoms with Crippen LogP contribution in [-0.4, -0.2) is 35.0 Å². The van der Waals surface area contributed by atoms with Gasteiger partial charge in [0.15, 0.2) is 6.23 Å². The highest BCUT2D eigenvalue weighted by Gasteiger charge is 2.33. The number of anilines is 1. The number of nitrogens with zero attached hydrogens (tertiary/aromatic N) is 3. The van der Waals surface area contributed by atoms with Crippen molar-refractivity contribution in [1.29, 1.82) is 0 Å². The van der Waals surface area contributed by atoms with Crippen molar-refractivity contribution in [3.63, 3.8) is 0 Å². The highest BCUT2D eigenvalue weighted by molar-refractivity contribution is 6.12. The fourth-order valence-corrected chi connectivity index (χ4v) is 3.56. The van der Waals surface area contributed by atoms with E-state index in [-0.39, 0.29) is 22.5 Å². The second-order valence-electron chi connectivity index (χ2n) is 6.95. The highest BCUT2D eigenvalue weighted by atomic mass is 16.6. The SMILES string of the molecule is COC(=O)c1ccc([N+](=O)[O-])c(C2=Nc3ccccc3N(Cc3ccccc3)C2O)c1. The molecular weight excluding hydrogens is 398 g/mol. The van der Waals surface area contributed by atoms with Gasteiger partial charge >= 0.3 is 5.97 Å². The molecule has 31 heavy (non-hydrogen) atoms. The summed E-state index contributed by atoms with van der Waals surface area (Å²) in [5.74, 6) is -0.636. The number of fused-ring (bicyclic) bond motifs is 1. The molecule has 3 aromatic rings. The standard InChI is InChI=1S/C23H19N3O5/c1-31-23(28)16-11-12-19(26(29)30)17(13-16)21-22(27)25(14-15-7-3-2-4-8-15)20-10-6-5-9-18(20)24-21/h2-13,22,27H,14H2,1H3. The van der Waals surface area contributed by atoms with Crippen LogP contribution in [0.4, 0.5) is 17.1 Å². The van der Waals surface area contributed by atoms with Crippen LogP contribution < -0.4 is 4.90 Å². The maximum atomic E-state index is 12.0. The minimum atomic E-state index is -1.26. The minimum absolute atomic E-state index is 0.0629. The zero-order chi connectivity index (χ0) is 22.0. The molecule has 8 nitrogen and oxygen atoms in total. The largest absolute Gasteiger partial charge is 0.465 e. The van der Waals surface area contributed by atoms with E-state index in [0.29, 0.717) is 17.9 Å². The Labute approximate surface area is 178 Å². The van der Waals surface area contributed by atoms with Crippen molar-refractivity contribution in [3.8, 4) is 0 Å². The molecule has 1 unspecified atom stereocenters. The van der Waals surface area contributed by atoms with E-state index < -0.39 is 17.1 Å². The third-order valence-electron chi connectivity index (χ3n) is 5.06. The molecule has 0 saturated heterocycles. The maximum absolute atomic E-state index is 12.0. The van der Waals surface area contributed by atoms with Crippen molar-refractivity contribution in [2.24, 2.45) is 4.99 Å². The van der Waals surface area contributed by atoms with Crippen LogP contribution in [0.1, 0.15) is 21.5 Å². The number of benzene rings is 3. The van der Waals surface area contributed by atoms with Crippen LogP contribution in [-0.2, 0) is 11.3 Å². The lowest BCUT2D eigenvalue weighted by molar-refractivity contribution is -0.385. The number of esters is 1. The molecule has 3 aromatic carbocycles. The summed E-state index contributed by atoms with van der Waals surface area (Å²) in [4.78, 5) is 29.4. The molecule has 0 aromatic heterocycles. The topological polar surface area (TPSA) is 105 Å². The number of para-hydroxylation sites is 2. The highest BCUT2D eigenvalue weighted by Crippen LogP contribution is 2.37. The van der Waals surface area contributed by atoms with Crippen LogP contribution in [0, 0.1) is 10.1 Å². The molecule has 0 saturated carbocycles. The summed E-state index contributed by atoms with van der Waals surface area (Å²) < 4.78 is 4.74. The summed E-state index contributed by atoms with van der Waals surface area (Å²) >= 11 is 0. The molecule has 1 aliphatic rings. The molecule has 0 radical (unpaired) electrons. The van der Waals surface area contributed by atoms with Crippen molar-refractivity contribution in [1.82, 2.24) is 0 Å². The molecule has 0 spiro atoms. The van der Waals surface area contributed by atoms with Gasteiger partial charge in [-0.05, 0) is 29.8 Å². The van der Waals surface area contributed by atoms with E-state index in [4.69, 9.17) is 4.74 Å². The van der Waals surface area contributed by atoms with Gasteiger partial charge in [-0.3, -0.25) is 10.1 Å². The first kappa shape index (κ1) is 20.2. The Kier molecular flexibility index (Phi) is 5.46. The number of aliphatic imine (C=N–C) groups is 1. The molecular formula is C23H19N3O5. The second kappa shape index (κ2) is 8.37. The summed E-state index contributed by atoms with van der Waals surface area (Å²) in [5.41, 5.74) is 2.25. The number of ether oxygens (including phenoxy) is 1. The van der Waals surface area contributed by atoms with Crippen molar-refractivity contribution in [3.05, 3.63) is 99.6 Å². The fourth-order valence-electron chi connectivity index (χ4n) is 3.56. The third-order valence-corrected chi connectivity index (χ3v) is 5.06. The Morgan fingerprint density at radius 1 is 1.13 bits per heavy atom. The first-order valence-corrected chi connectivity index (χ1v) is 9.53. The Bertz CT molecular complexity index is 1180. The van der Waals surface area contributed by atoms with Gasteiger partial charge < -0.3 is 14.7 Å². The molecule has 8 heteroatoms. The molecule has 0 fully saturated rings. The monoisotopic (exact) mass is 417 g/mol. The molecule has 0 amide bonds. The number of carbonyl (C=O) groups excluding carboxylic acids is 1. The molecule has 0 bridgehead atoms. The van der Waals surface area contributed by atoms with Gasteiger partial charge in [0.2, 0.25) is 0 Å². The molecule has 1 N–H and O–H groups in total. The van der Waals surface area contributed by atoms with Crippen molar-refractivity contribution < 1.29 is 19.6 Å². The summed E-state index contributed by atoms with van der Waals surface area (Å²) in [6.07, 6.45) is -1.26. The summed E-state index contributed by atoms with van der Waals surface area (Å²) in [6.45, 7) is 0.364. The molecule has 156 valence electrons. The first-order chi connectivity index (χ1) is 15.0. The smallest absolute Gasteiger partial charge is 0.337 e. The number of hydrogen-bond donors (Lipinski definition) is 1. The van der Waals surface area contributed by atoms with E-state index >= 15 is 0 Å². The van der Waals surface area contributed by atoms with Crippen LogP contribution in [0.25, 0.3) is 0 Å². The van der Waals surface area contributed by atoms with Gasteiger partial charge in [0, 0.05) is 12.6 Å². The number of methoxy groups -OCH3 is 1. The van der Waals surface area contributed by atoms with E-state index in [2.05, 4.69) is 4.99 Å². The molecule has 0 aliphatic carbocycles. The number of nitro groups is 1. The normalized spacial score (nSPS) is 15.1. The van der Waals surface area contributed by atoms with E-state index in [0.717, 1.165) is 5.56 Å². The van der Waals surface area contributed by atoms with Crippen molar-refractivity contribution >= 4 is 28.7 Å². The molecule has 1 atom stereocenters. The average Bonchev–Trinajstić information content (AvgIpc) is 2.80. The predicted molar refractivity (Wildman–Crippen MR) is 116 cm³/mol. The lowest BCUT2D eigenvalue weighted by Gasteiger charge is -2.35. The third kappa shape index (κ3) is 3.88. The number of carbonyl (C=O) groups is 1. The quantitative estimate of drug-likeness (QED) is 0.384. The zero-order valence-electron chi connectivity index (χ0n) is 16.6. The van der Waals surface area contributed by atoms with Gasteiger partial charge in [-0.2, -0.15) is 0 Å². The van der Waals surface area contributed by atoms with Crippen LogP contribution in [0.3, 0.4) is 0 Å². The Morgan fingerprint density at radius 2 is 1.84 bits per heavy atom. The Hall–Kier alpha value is -4.04. The number of aliphatic hydroxyl groups excluding tert-OH is 1. The molecule has 1 heterocycles. The van der Waals surface area contributed by atoms with Gasteiger partial charge in [0.05, 0.1) is 34.5 Å². The summed E-state index contributed by atoms with van der Waals surface area (Å²) in [5, 5.41) is 22.9. The minimum Gasteiger partial charge on any atom is -0.465 e. The number of aliphatic hydroxyl groups is 1. The predicted octanol–water partition coefficient (Wildman–Crippen LogP) is 3.84. The van der Waals surface area contributed by atoms with E-state index in [9.17, 15) is 20.0 Å². The van der Waals surface area contributed by atoms with Crippen molar-refractivity contribution in [2.75, 3.05) is 12.0 Å². The fraction of sp³-hybridized carbons (Fsp3) is 0.130. The summed E-state index contributed by atoms with van der Waals surface area (Å²) in [6, 6.07) is 20.7. The zero-order valence-corrected chi connectivity index (χ0v) is 16.6. The van der Waals surface area contributed by atoms with E-state index in [1.807, 2.05) is 42.5 Å². The number of hydrogen-bond acceptors (Lipinski definition) is 7. The van der Waals surface area contributed by atoms with Gasteiger partial charge in [-0.15, -0.1) is 0 Å². The Morgan fingerprint density at radius 3 is 2.55 bits per heavy atom. The second-order valence-corrected chi connectivity index (χ2v) is 6.95. The van der Waals surface area contributed by atoms with Crippen LogP contribution in [0.5, 0.6) is 0 Å². The van der Waals surface area contributed by atoms with Crippen LogP contribution in [0.2, 0.25) is 0 Å². The first-order valence-electron chi connectivity index (χ1n) is 9.53. The maximum Gasteiger partial charge on any atom is 0.337 e.